The van der Waals surface area contributed by atoms with E-state index in [1.165, 1.54) is 12.3 Å². The Balaban J connectivity index is 1.33. The second-order valence-electron chi connectivity index (χ2n) is 11.6. The Bertz CT molecular complexity index is 1620. The number of alkyl halides is 3. The van der Waals surface area contributed by atoms with E-state index in [9.17, 15) is 18.0 Å². The highest BCUT2D eigenvalue weighted by molar-refractivity contribution is 5.98. The number of Topliss-reactive ketones (excluding diaryl/α,β-unsaturated/α-hetero) is 1. The number of benzene rings is 1. The number of pyridine rings is 2. The highest BCUT2D eigenvalue weighted by Crippen LogP contribution is 2.37. The van der Waals surface area contributed by atoms with Crippen molar-refractivity contribution in [2.24, 2.45) is 0 Å². The fourth-order valence-electron chi connectivity index (χ4n) is 5.17. The average Bonchev–Trinajstić information content (AvgIpc) is 3.47. The van der Waals surface area contributed by atoms with Gasteiger partial charge in [-0.1, -0.05) is 5.21 Å². The first-order valence-corrected chi connectivity index (χ1v) is 14.0. The number of halogens is 3. The number of piperazine rings is 1. The Morgan fingerprint density at radius 1 is 1.00 bits per heavy atom. The van der Waals surface area contributed by atoms with Gasteiger partial charge in [-0.3, -0.25) is 19.7 Å². The van der Waals surface area contributed by atoms with E-state index < -0.39 is 17.5 Å². The molecule has 0 amide bonds. The summed E-state index contributed by atoms with van der Waals surface area (Å²) in [4.78, 5) is 26.6. The van der Waals surface area contributed by atoms with Gasteiger partial charge in [-0.15, -0.1) is 5.10 Å². The molecule has 1 saturated heterocycles. The van der Waals surface area contributed by atoms with Gasteiger partial charge in [0.05, 0.1) is 42.1 Å². The third kappa shape index (κ3) is 6.69. The Morgan fingerprint density at radius 2 is 1.74 bits per heavy atom. The zero-order valence-electron chi connectivity index (χ0n) is 24.8. The minimum Gasteiger partial charge on any atom is -0.496 e. The van der Waals surface area contributed by atoms with Gasteiger partial charge < -0.3 is 9.64 Å². The summed E-state index contributed by atoms with van der Waals surface area (Å²) < 4.78 is 46.8. The number of hydrogen-bond donors (Lipinski definition) is 0. The highest BCUT2D eigenvalue weighted by Gasteiger charge is 2.35. The molecular formula is C31H34F3N7O2. The minimum atomic E-state index is -4.65. The third-order valence-corrected chi connectivity index (χ3v) is 7.66. The maximum Gasteiger partial charge on any atom is 0.419 e. The number of rotatable bonds is 7. The zero-order chi connectivity index (χ0) is 30.9. The van der Waals surface area contributed by atoms with Crippen LogP contribution in [0.15, 0.2) is 55.1 Å². The summed E-state index contributed by atoms with van der Waals surface area (Å²) in [6.45, 7) is 12.2. The number of ether oxygens (including phenoxy) is 1. The fourth-order valence-corrected chi connectivity index (χ4v) is 5.17. The van der Waals surface area contributed by atoms with Crippen molar-refractivity contribution in [1.82, 2.24) is 29.9 Å². The van der Waals surface area contributed by atoms with Crippen molar-refractivity contribution >= 4 is 11.5 Å². The van der Waals surface area contributed by atoms with Gasteiger partial charge in [0, 0.05) is 61.7 Å². The van der Waals surface area contributed by atoms with Gasteiger partial charge in [0.1, 0.15) is 11.4 Å². The topological polar surface area (TPSA) is 89.3 Å². The summed E-state index contributed by atoms with van der Waals surface area (Å²) >= 11 is 0. The SMILES string of the molecule is COc1ccc(C(=O)Cc2cnc(C)c(-n3cc(-c4cncc(N5CCN(C(C)(C)C)CC5)c4)nn3)c2)cc1C(F)(F)F. The van der Waals surface area contributed by atoms with Crippen molar-refractivity contribution in [3.63, 3.8) is 0 Å². The molecule has 43 heavy (non-hydrogen) atoms. The highest BCUT2D eigenvalue weighted by atomic mass is 19.4. The molecule has 1 aliphatic heterocycles. The van der Waals surface area contributed by atoms with Crippen molar-refractivity contribution in [3.05, 3.63) is 77.5 Å². The van der Waals surface area contributed by atoms with E-state index in [-0.39, 0.29) is 23.3 Å². The summed E-state index contributed by atoms with van der Waals surface area (Å²) in [5.41, 5.74) is 3.33. The van der Waals surface area contributed by atoms with Crippen LogP contribution in [0.5, 0.6) is 5.75 Å². The van der Waals surface area contributed by atoms with Gasteiger partial charge in [-0.2, -0.15) is 13.2 Å². The second-order valence-corrected chi connectivity index (χ2v) is 11.6. The van der Waals surface area contributed by atoms with Crippen LogP contribution in [0.1, 0.15) is 48.0 Å². The van der Waals surface area contributed by atoms with E-state index >= 15 is 0 Å². The molecule has 0 aliphatic carbocycles. The lowest BCUT2D eigenvalue weighted by molar-refractivity contribution is -0.138. The lowest BCUT2D eigenvalue weighted by atomic mass is 10.0. The summed E-state index contributed by atoms with van der Waals surface area (Å²) in [6, 6.07) is 7.10. The number of anilines is 1. The summed E-state index contributed by atoms with van der Waals surface area (Å²) in [6.07, 6.45) is 2.12. The summed E-state index contributed by atoms with van der Waals surface area (Å²) in [5.74, 6) is -0.815. The second kappa shape index (κ2) is 11.8. The molecule has 0 unspecified atom stereocenters. The molecule has 4 aromatic rings. The lowest BCUT2D eigenvalue weighted by Gasteiger charge is -2.43. The minimum absolute atomic E-state index is 0.0644. The van der Waals surface area contributed by atoms with Gasteiger partial charge >= 0.3 is 6.18 Å². The molecule has 3 aromatic heterocycles. The predicted molar refractivity (Wildman–Crippen MR) is 157 cm³/mol. The van der Waals surface area contributed by atoms with E-state index in [2.05, 4.69) is 56.9 Å². The summed E-state index contributed by atoms with van der Waals surface area (Å²) in [5, 5.41) is 8.65. The molecular weight excluding hydrogens is 559 g/mol. The molecule has 4 heterocycles. The number of carbonyl (C=O) groups is 1. The van der Waals surface area contributed by atoms with Crippen molar-refractivity contribution in [2.75, 3.05) is 38.2 Å². The van der Waals surface area contributed by atoms with Crippen LogP contribution >= 0.6 is 0 Å². The molecule has 1 aliphatic rings. The molecule has 0 N–H and O–H groups in total. The van der Waals surface area contributed by atoms with Crippen LogP contribution in [0.25, 0.3) is 16.9 Å². The molecule has 9 nitrogen and oxygen atoms in total. The van der Waals surface area contributed by atoms with Crippen LogP contribution in [-0.2, 0) is 12.6 Å². The molecule has 0 radical (unpaired) electrons. The van der Waals surface area contributed by atoms with Crippen LogP contribution < -0.4 is 9.64 Å². The molecule has 0 spiro atoms. The smallest absolute Gasteiger partial charge is 0.419 e. The number of ketones is 1. The Morgan fingerprint density at radius 3 is 2.42 bits per heavy atom. The Kier molecular flexibility index (Phi) is 8.24. The average molecular weight is 594 g/mol. The normalized spacial score (nSPS) is 14.7. The first kappa shape index (κ1) is 30.1. The van der Waals surface area contributed by atoms with Gasteiger partial charge in [0.15, 0.2) is 5.78 Å². The van der Waals surface area contributed by atoms with Crippen LogP contribution in [0.3, 0.4) is 0 Å². The first-order chi connectivity index (χ1) is 20.3. The zero-order valence-corrected chi connectivity index (χ0v) is 24.8. The Labute approximate surface area is 248 Å². The molecule has 0 saturated carbocycles. The van der Waals surface area contributed by atoms with Crippen LogP contribution in [0, 0.1) is 6.92 Å². The number of aryl methyl sites for hydroxylation is 1. The van der Waals surface area contributed by atoms with Gasteiger partial charge in [-0.25, -0.2) is 4.68 Å². The maximum atomic E-state index is 13.5. The third-order valence-electron chi connectivity index (χ3n) is 7.66. The molecule has 0 atom stereocenters. The first-order valence-electron chi connectivity index (χ1n) is 14.0. The van der Waals surface area contributed by atoms with E-state index in [0.717, 1.165) is 56.7 Å². The number of carbonyl (C=O) groups excluding carboxylic acids is 1. The molecule has 5 rings (SSSR count). The predicted octanol–water partition coefficient (Wildman–Crippen LogP) is 5.41. The van der Waals surface area contributed by atoms with Crippen molar-refractivity contribution < 1.29 is 22.7 Å². The van der Waals surface area contributed by atoms with E-state index in [1.54, 1.807) is 30.1 Å². The van der Waals surface area contributed by atoms with Crippen molar-refractivity contribution in [3.8, 4) is 22.7 Å². The van der Waals surface area contributed by atoms with E-state index in [1.807, 2.05) is 6.20 Å². The lowest BCUT2D eigenvalue weighted by Crippen LogP contribution is -2.53. The number of nitrogens with zero attached hydrogens (tertiary/aromatic N) is 7. The number of methoxy groups -OCH3 is 1. The molecule has 12 heteroatoms. The van der Waals surface area contributed by atoms with Crippen molar-refractivity contribution in [2.45, 2.75) is 45.8 Å². The summed E-state index contributed by atoms with van der Waals surface area (Å²) in [7, 11) is 1.16. The van der Waals surface area contributed by atoms with Crippen LogP contribution in [-0.4, -0.2) is 74.5 Å². The van der Waals surface area contributed by atoms with E-state index in [0.29, 0.717) is 22.6 Å². The maximum absolute atomic E-state index is 13.5. The largest absolute Gasteiger partial charge is 0.496 e. The van der Waals surface area contributed by atoms with Gasteiger partial charge in [0.25, 0.3) is 0 Å². The van der Waals surface area contributed by atoms with Crippen LogP contribution in [0.4, 0.5) is 18.9 Å². The quantitative estimate of drug-likeness (QED) is 0.263. The molecule has 1 aromatic carbocycles. The molecule has 226 valence electrons. The van der Waals surface area contributed by atoms with Crippen molar-refractivity contribution in [1.29, 1.82) is 0 Å². The number of hydrogen-bond acceptors (Lipinski definition) is 8. The monoisotopic (exact) mass is 593 g/mol. The standard InChI is InChI=1S/C31H34F3N7O2/c1-20-27(12-21(16-36-20)13-28(42)22-6-7-29(43-5)25(15-22)31(32,33)34)41-19-26(37-38-41)23-14-24(18-35-17-23)39-8-10-40(11-9-39)30(2,3)4/h6-7,12,14-19H,8-11,13H2,1-5H3. The van der Waals surface area contributed by atoms with Gasteiger partial charge in [0.2, 0.25) is 0 Å². The fraction of sp³-hybridized carbons (Fsp3) is 0.387. The molecule has 0 bridgehead atoms. The Hall–Kier alpha value is -4.32. The number of aromatic nitrogens is 5. The van der Waals surface area contributed by atoms with E-state index in [4.69, 9.17) is 4.74 Å². The van der Waals surface area contributed by atoms with Crippen LogP contribution in [0.2, 0.25) is 0 Å². The molecule has 1 fully saturated rings. The van der Waals surface area contributed by atoms with Gasteiger partial charge in [-0.05, 0) is 63.6 Å².